The first-order valence-electron chi connectivity index (χ1n) is 9.34. The minimum absolute atomic E-state index is 0.268. The molecular weight excluding hydrogens is 356 g/mol. The number of anilines is 1. The summed E-state index contributed by atoms with van der Waals surface area (Å²) in [4.78, 5) is 16.4. The van der Waals surface area contributed by atoms with Gasteiger partial charge in [0.15, 0.2) is 10.8 Å². The van der Waals surface area contributed by atoms with Crippen molar-refractivity contribution in [1.82, 2.24) is 15.2 Å². The first-order chi connectivity index (χ1) is 13.2. The minimum Gasteiger partial charge on any atom is -0.296 e. The van der Waals surface area contributed by atoms with E-state index in [1.165, 1.54) is 23.1 Å². The quantitative estimate of drug-likeness (QED) is 0.578. The maximum atomic E-state index is 12.0. The maximum Gasteiger partial charge on any atom is 0.277 e. The molecule has 5 nitrogen and oxygen atoms in total. The highest BCUT2D eigenvalue weighted by atomic mass is 32.1. The third kappa shape index (κ3) is 8.09. The standard InChI is InChI=1S/C15H12N4OS.3C2H6/c1-10-4-6-11(7-5-10)13-9-21-15(17-13)18-14(20)12-3-2-8-16-19-12;3*1-2/h2-9H,1H3,(H,17,18,20);3*1-2H3. The Kier molecular flexibility index (Phi) is 13.2. The molecule has 3 aromatic rings. The zero-order chi connectivity index (χ0) is 20.7. The number of carbonyl (C=O) groups excluding carboxylic acids is 1. The first-order valence-corrected chi connectivity index (χ1v) is 10.2. The molecule has 0 saturated carbocycles. The lowest BCUT2D eigenvalue weighted by Crippen LogP contribution is -2.13. The van der Waals surface area contributed by atoms with Crippen LogP contribution in [0.2, 0.25) is 0 Å². The van der Waals surface area contributed by atoms with Crippen molar-refractivity contribution in [2.24, 2.45) is 0 Å². The zero-order valence-electron chi connectivity index (χ0n) is 17.3. The van der Waals surface area contributed by atoms with Gasteiger partial charge in [0.25, 0.3) is 5.91 Å². The summed E-state index contributed by atoms with van der Waals surface area (Å²) in [6, 6.07) is 11.4. The molecule has 0 fully saturated rings. The second-order valence-corrected chi connectivity index (χ2v) is 5.33. The van der Waals surface area contributed by atoms with Crippen LogP contribution in [-0.2, 0) is 0 Å². The number of thiazole rings is 1. The lowest BCUT2D eigenvalue weighted by atomic mass is 10.1. The van der Waals surface area contributed by atoms with E-state index in [-0.39, 0.29) is 11.6 Å². The third-order valence-corrected chi connectivity index (χ3v) is 3.63. The number of aryl methyl sites for hydroxylation is 1. The van der Waals surface area contributed by atoms with Crippen LogP contribution in [0.3, 0.4) is 0 Å². The van der Waals surface area contributed by atoms with Crippen LogP contribution >= 0.6 is 11.3 Å². The topological polar surface area (TPSA) is 67.8 Å². The van der Waals surface area contributed by atoms with E-state index in [2.05, 4.69) is 20.5 Å². The van der Waals surface area contributed by atoms with Crippen LogP contribution in [0.4, 0.5) is 5.13 Å². The van der Waals surface area contributed by atoms with Gasteiger partial charge in [-0.15, -0.1) is 16.4 Å². The molecule has 0 bridgehead atoms. The summed E-state index contributed by atoms with van der Waals surface area (Å²) >= 11 is 1.38. The number of hydrogen-bond acceptors (Lipinski definition) is 5. The fraction of sp³-hybridized carbons (Fsp3) is 0.333. The molecule has 0 saturated heterocycles. The second kappa shape index (κ2) is 14.6. The summed E-state index contributed by atoms with van der Waals surface area (Å²) in [6.45, 7) is 14.0. The predicted molar refractivity (Wildman–Crippen MR) is 116 cm³/mol. The SMILES string of the molecule is CC.CC.CC.Cc1ccc(-c2csc(NC(=O)c3cccnn3)n2)cc1. The average molecular weight is 387 g/mol. The number of amides is 1. The minimum atomic E-state index is -0.312. The van der Waals surface area contributed by atoms with Gasteiger partial charge in [0.1, 0.15) is 0 Å². The lowest BCUT2D eigenvalue weighted by Gasteiger charge is -1.99. The van der Waals surface area contributed by atoms with Gasteiger partial charge in [-0.25, -0.2) is 4.98 Å². The van der Waals surface area contributed by atoms with Gasteiger partial charge in [-0.05, 0) is 19.1 Å². The number of nitrogens with one attached hydrogen (secondary N) is 1. The molecule has 0 radical (unpaired) electrons. The molecule has 0 aliphatic rings. The number of nitrogens with zero attached hydrogens (tertiary/aromatic N) is 3. The van der Waals surface area contributed by atoms with E-state index >= 15 is 0 Å². The Bertz CT molecular complexity index is 755. The maximum absolute atomic E-state index is 12.0. The van der Waals surface area contributed by atoms with Crippen molar-refractivity contribution >= 4 is 22.4 Å². The van der Waals surface area contributed by atoms with Gasteiger partial charge in [-0.3, -0.25) is 10.1 Å². The monoisotopic (exact) mass is 386 g/mol. The van der Waals surface area contributed by atoms with Crippen LogP contribution in [0.25, 0.3) is 11.3 Å². The molecule has 0 aliphatic heterocycles. The Balaban J connectivity index is 0.00000103. The predicted octanol–water partition coefficient (Wildman–Crippen LogP) is 6.24. The molecule has 0 atom stereocenters. The van der Waals surface area contributed by atoms with Gasteiger partial charge < -0.3 is 0 Å². The smallest absolute Gasteiger partial charge is 0.277 e. The van der Waals surface area contributed by atoms with Crippen LogP contribution < -0.4 is 5.32 Å². The Morgan fingerprint density at radius 3 is 2.15 bits per heavy atom. The molecule has 0 spiro atoms. The van der Waals surface area contributed by atoms with Crippen LogP contribution in [0.1, 0.15) is 57.6 Å². The molecule has 146 valence electrons. The Morgan fingerprint density at radius 2 is 1.59 bits per heavy atom. The van der Waals surface area contributed by atoms with E-state index in [0.717, 1.165) is 11.3 Å². The first kappa shape index (κ1) is 24.4. The highest BCUT2D eigenvalue weighted by Gasteiger charge is 2.11. The summed E-state index contributed by atoms with van der Waals surface area (Å²) in [5.74, 6) is -0.312. The van der Waals surface area contributed by atoms with E-state index in [9.17, 15) is 4.79 Å². The molecular formula is C21H30N4OS. The number of rotatable bonds is 3. The highest BCUT2D eigenvalue weighted by Crippen LogP contribution is 2.25. The largest absolute Gasteiger partial charge is 0.296 e. The molecule has 1 N–H and O–H groups in total. The molecule has 2 heterocycles. The molecule has 6 heteroatoms. The van der Waals surface area contributed by atoms with Crippen molar-refractivity contribution in [1.29, 1.82) is 0 Å². The third-order valence-electron chi connectivity index (χ3n) is 2.88. The zero-order valence-corrected chi connectivity index (χ0v) is 18.1. The normalized spacial score (nSPS) is 8.70. The van der Waals surface area contributed by atoms with Crippen LogP contribution in [-0.4, -0.2) is 21.1 Å². The van der Waals surface area contributed by atoms with Crippen LogP contribution in [0.15, 0.2) is 48.0 Å². The van der Waals surface area contributed by atoms with Crippen molar-refractivity contribution < 1.29 is 4.79 Å². The van der Waals surface area contributed by atoms with Gasteiger partial charge >= 0.3 is 0 Å². The number of hydrogen-bond donors (Lipinski definition) is 1. The molecule has 1 aromatic carbocycles. The Labute approximate surface area is 166 Å². The van der Waals surface area contributed by atoms with Crippen molar-refractivity contribution in [3.8, 4) is 11.3 Å². The van der Waals surface area contributed by atoms with Gasteiger partial charge in [-0.1, -0.05) is 71.4 Å². The van der Waals surface area contributed by atoms with E-state index in [4.69, 9.17) is 0 Å². The molecule has 1 amide bonds. The second-order valence-electron chi connectivity index (χ2n) is 4.47. The van der Waals surface area contributed by atoms with Crippen molar-refractivity contribution in [2.45, 2.75) is 48.5 Å². The number of carbonyl (C=O) groups is 1. The van der Waals surface area contributed by atoms with E-state index < -0.39 is 0 Å². The summed E-state index contributed by atoms with van der Waals surface area (Å²) in [5, 5.41) is 12.6. The lowest BCUT2D eigenvalue weighted by molar-refractivity contribution is 0.102. The Hall–Kier alpha value is -2.60. The van der Waals surface area contributed by atoms with E-state index in [0.29, 0.717) is 5.13 Å². The number of aromatic nitrogens is 3. The average Bonchev–Trinajstić information content (AvgIpc) is 3.22. The molecule has 27 heavy (non-hydrogen) atoms. The van der Waals surface area contributed by atoms with Gasteiger partial charge in [0, 0.05) is 17.1 Å². The summed E-state index contributed by atoms with van der Waals surface area (Å²) in [6.07, 6.45) is 1.52. The molecule has 2 aromatic heterocycles. The molecule has 0 aliphatic carbocycles. The van der Waals surface area contributed by atoms with Gasteiger partial charge in [-0.2, -0.15) is 5.10 Å². The fourth-order valence-electron chi connectivity index (χ4n) is 1.77. The fourth-order valence-corrected chi connectivity index (χ4v) is 2.49. The van der Waals surface area contributed by atoms with Crippen molar-refractivity contribution in [2.75, 3.05) is 5.32 Å². The van der Waals surface area contributed by atoms with Gasteiger partial charge in [0.2, 0.25) is 0 Å². The van der Waals surface area contributed by atoms with Gasteiger partial charge in [0.05, 0.1) is 5.69 Å². The molecule has 3 rings (SSSR count). The summed E-state index contributed by atoms with van der Waals surface area (Å²) in [7, 11) is 0. The highest BCUT2D eigenvalue weighted by molar-refractivity contribution is 7.14. The van der Waals surface area contributed by atoms with Crippen LogP contribution in [0.5, 0.6) is 0 Å². The van der Waals surface area contributed by atoms with Crippen molar-refractivity contribution in [3.05, 3.63) is 59.2 Å². The van der Waals surface area contributed by atoms with Crippen molar-refractivity contribution in [3.63, 3.8) is 0 Å². The van der Waals surface area contributed by atoms with E-state index in [1.807, 2.05) is 78.1 Å². The summed E-state index contributed by atoms with van der Waals surface area (Å²) < 4.78 is 0. The van der Waals surface area contributed by atoms with Crippen LogP contribution in [0, 0.1) is 6.92 Å². The molecule has 0 unspecified atom stereocenters. The summed E-state index contributed by atoms with van der Waals surface area (Å²) in [5.41, 5.74) is 3.33. The number of benzene rings is 1. The van der Waals surface area contributed by atoms with E-state index in [1.54, 1.807) is 12.1 Å². The Morgan fingerprint density at radius 1 is 0.963 bits per heavy atom.